The third-order valence-corrected chi connectivity index (χ3v) is 7.12. The van der Waals surface area contributed by atoms with E-state index in [1.54, 1.807) is 24.3 Å². The lowest BCUT2D eigenvalue weighted by atomic mass is 9.97. The van der Waals surface area contributed by atoms with Crippen LogP contribution in [0.15, 0.2) is 41.4 Å². The van der Waals surface area contributed by atoms with Crippen LogP contribution in [0, 0.1) is 0 Å². The molecular weight excluding hydrogens is 388 g/mol. The van der Waals surface area contributed by atoms with Crippen LogP contribution in [0.3, 0.4) is 0 Å². The molecule has 0 saturated carbocycles. The average molecular weight is 407 g/mol. The van der Waals surface area contributed by atoms with E-state index in [2.05, 4.69) is 15.2 Å². The van der Waals surface area contributed by atoms with Gasteiger partial charge in [0, 0.05) is 43.1 Å². The summed E-state index contributed by atoms with van der Waals surface area (Å²) in [4.78, 5) is 18.9. The summed E-state index contributed by atoms with van der Waals surface area (Å²) in [7, 11) is -1.61. The molecule has 1 saturated heterocycles. The van der Waals surface area contributed by atoms with Crippen molar-refractivity contribution in [2.24, 2.45) is 0 Å². The molecule has 1 unspecified atom stereocenters. The summed E-state index contributed by atoms with van der Waals surface area (Å²) in [5.74, 6) is -0.771. The predicted octanol–water partition coefficient (Wildman–Crippen LogP) is 1.76. The fourth-order valence-corrected chi connectivity index (χ4v) is 4.96. The van der Waals surface area contributed by atoms with Gasteiger partial charge in [-0.25, -0.2) is 8.42 Å². The van der Waals surface area contributed by atoms with E-state index in [0.717, 1.165) is 5.56 Å². The zero-order chi connectivity index (χ0) is 19.2. The molecule has 3 heterocycles. The van der Waals surface area contributed by atoms with Gasteiger partial charge < -0.3 is 10.2 Å². The maximum atomic E-state index is 12.8. The molecule has 1 aromatic carbocycles. The van der Waals surface area contributed by atoms with Crippen molar-refractivity contribution < 1.29 is 13.2 Å². The first-order chi connectivity index (χ1) is 12.9. The average Bonchev–Trinajstić information content (AvgIpc) is 2.97. The highest BCUT2D eigenvalue weighted by molar-refractivity contribution is 7.89. The highest BCUT2D eigenvalue weighted by Crippen LogP contribution is 2.37. The Morgan fingerprint density at radius 3 is 2.56 bits per heavy atom. The predicted molar refractivity (Wildman–Crippen MR) is 102 cm³/mol. The Labute approximate surface area is 163 Å². The first-order valence-corrected chi connectivity index (χ1v) is 10.4. The number of amides is 1. The third-order valence-electron chi connectivity index (χ3n) is 5.00. The van der Waals surface area contributed by atoms with Gasteiger partial charge in [0.05, 0.1) is 5.69 Å². The number of nitrogens with one attached hydrogen (secondary N) is 1. The molecule has 2 aliphatic heterocycles. The van der Waals surface area contributed by atoms with Crippen molar-refractivity contribution in [1.82, 2.24) is 14.2 Å². The third kappa shape index (κ3) is 3.34. The lowest BCUT2D eigenvalue weighted by Gasteiger charge is -2.31. The van der Waals surface area contributed by atoms with Crippen molar-refractivity contribution in [2.75, 3.05) is 38.5 Å². The van der Waals surface area contributed by atoms with Crippen LogP contribution in [-0.4, -0.2) is 61.7 Å². The number of sulfonamides is 1. The summed E-state index contributed by atoms with van der Waals surface area (Å²) in [5, 5.41) is 3.33. The second-order valence-corrected chi connectivity index (χ2v) is 9.15. The molecule has 2 aromatic rings. The highest BCUT2D eigenvalue weighted by Gasteiger charge is 2.34. The molecule has 0 bridgehead atoms. The van der Waals surface area contributed by atoms with Crippen LogP contribution in [0.4, 0.5) is 5.69 Å². The lowest BCUT2D eigenvalue weighted by Crippen LogP contribution is -2.47. The minimum atomic E-state index is -3.58. The molecule has 0 radical (unpaired) electrons. The van der Waals surface area contributed by atoms with Gasteiger partial charge in [-0.3, -0.25) is 9.78 Å². The molecule has 1 N–H and O–H groups in total. The molecular formula is C18H19ClN4O3S. The van der Waals surface area contributed by atoms with Crippen molar-refractivity contribution in [3.05, 3.63) is 52.8 Å². The smallest absolute Gasteiger partial charge is 0.244 e. The van der Waals surface area contributed by atoms with Crippen molar-refractivity contribution in [2.45, 2.75) is 10.8 Å². The number of aromatic nitrogens is 1. The largest absolute Gasteiger partial charge is 0.325 e. The molecule has 4 rings (SSSR count). The highest BCUT2D eigenvalue weighted by atomic mass is 35.5. The van der Waals surface area contributed by atoms with E-state index in [9.17, 15) is 13.2 Å². The monoisotopic (exact) mass is 406 g/mol. The molecule has 9 heteroatoms. The number of likely N-dealkylation sites (N-methyl/N-ethyl adjacent to an activating group) is 1. The van der Waals surface area contributed by atoms with Crippen molar-refractivity contribution in [1.29, 1.82) is 0 Å². The summed E-state index contributed by atoms with van der Waals surface area (Å²) in [6.45, 7) is 2.32. The molecule has 27 heavy (non-hydrogen) atoms. The van der Waals surface area contributed by atoms with Gasteiger partial charge in [-0.05, 0) is 36.9 Å². The Hall–Kier alpha value is -2.00. The van der Waals surface area contributed by atoms with Crippen LogP contribution in [-0.2, 0) is 14.8 Å². The molecule has 1 aromatic heterocycles. The van der Waals surface area contributed by atoms with Crippen LogP contribution >= 0.6 is 11.6 Å². The van der Waals surface area contributed by atoms with E-state index in [1.165, 1.54) is 16.6 Å². The lowest BCUT2D eigenvalue weighted by molar-refractivity contribution is -0.116. The summed E-state index contributed by atoms with van der Waals surface area (Å²) in [6.07, 6.45) is 1.34. The second-order valence-electron chi connectivity index (χ2n) is 6.78. The zero-order valence-corrected chi connectivity index (χ0v) is 16.3. The van der Waals surface area contributed by atoms with Crippen LogP contribution < -0.4 is 5.32 Å². The molecule has 0 aliphatic carbocycles. The fraction of sp³-hybridized carbons (Fsp3) is 0.333. The van der Waals surface area contributed by atoms with Crippen molar-refractivity contribution in [3.63, 3.8) is 0 Å². The molecule has 1 atom stereocenters. The second kappa shape index (κ2) is 6.87. The number of hydrogen-bond donors (Lipinski definition) is 1. The van der Waals surface area contributed by atoms with Crippen LogP contribution in [0.25, 0.3) is 0 Å². The number of pyridine rings is 1. The topological polar surface area (TPSA) is 82.6 Å². The van der Waals surface area contributed by atoms with Crippen LogP contribution in [0.5, 0.6) is 0 Å². The van der Waals surface area contributed by atoms with E-state index in [0.29, 0.717) is 42.6 Å². The Kier molecular flexibility index (Phi) is 4.67. The quantitative estimate of drug-likeness (QED) is 0.839. The van der Waals surface area contributed by atoms with Gasteiger partial charge in [0.1, 0.15) is 10.8 Å². The van der Waals surface area contributed by atoms with Gasteiger partial charge in [-0.2, -0.15) is 4.31 Å². The molecule has 142 valence electrons. The minimum absolute atomic E-state index is 0.144. The van der Waals surface area contributed by atoms with Gasteiger partial charge in [-0.1, -0.05) is 17.7 Å². The van der Waals surface area contributed by atoms with E-state index < -0.39 is 15.9 Å². The van der Waals surface area contributed by atoms with E-state index >= 15 is 0 Å². The summed E-state index contributed by atoms with van der Waals surface area (Å²) in [5.41, 5.74) is 1.95. The minimum Gasteiger partial charge on any atom is -0.325 e. The first-order valence-electron chi connectivity index (χ1n) is 8.61. The Morgan fingerprint density at radius 2 is 1.89 bits per heavy atom. The summed E-state index contributed by atoms with van der Waals surface area (Å²) >= 11 is 5.98. The van der Waals surface area contributed by atoms with Gasteiger partial charge in [0.25, 0.3) is 0 Å². The Bertz CT molecular complexity index is 986. The number of carbonyl (C=O) groups excluding carboxylic acids is 1. The van der Waals surface area contributed by atoms with Gasteiger partial charge in [0.15, 0.2) is 0 Å². The number of halogens is 1. The van der Waals surface area contributed by atoms with Crippen molar-refractivity contribution in [3.8, 4) is 0 Å². The Morgan fingerprint density at radius 1 is 1.15 bits per heavy atom. The maximum absolute atomic E-state index is 12.8. The standard InChI is InChI=1S/C18H19ClN4O3S/c1-22-6-8-23(9-7-22)27(25,26)13-3-5-15(20-11-13)17-14-4-2-12(19)10-16(14)21-18(17)24/h2-5,10-11,17H,6-9H2,1H3,(H,21,24). The van der Waals surface area contributed by atoms with E-state index in [-0.39, 0.29) is 10.8 Å². The molecule has 1 amide bonds. The number of anilines is 1. The number of rotatable bonds is 3. The number of nitrogens with zero attached hydrogens (tertiary/aromatic N) is 3. The normalized spacial score (nSPS) is 21.1. The number of benzene rings is 1. The first kappa shape index (κ1) is 18.4. The number of hydrogen-bond acceptors (Lipinski definition) is 5. The van der Waals surface area contributed by atoms with Crippen LogP contribution in [0.2, 0.25) is 5.02 Å². The van der Waals surface area contributed by atoms with Crippen molar-refractivity contribution >= 4 is 33.2 Å². The van der Waals surface area contributed by atoms with Crippen LogP contribution in [0.1, 0.15) is 17.2 Å². The van der Waals surface area contributed by atoms with Gasteiger partial charge in [0.2, 0.25) is 15.9 Å². The fourth-order valence-electron chi connectivity index (χ4n) is 3.42. The molecule has 1 fully saturated rings. The zero-order valence-electron chi connectivity index (χ0n) is 14.7. The number of piperazine rings is 1. The van der Waals surface area contributed by atoms with Gasteiger partial charge >= 0.3 is 0 Å². The molecule has 7 nitrogen and oxygen atoms in total. The Balaban J connectivity index is 1.61. The van der Waals surface area contributed by atoms with E-state index in [4.69, 9.17) is 11.6 Å². The maximum Gasteiger partial charge on any atom is 0.244 e. The number of fused-ring (bicyclic) bond motifs is 1. The molecule has 2 aliphatic rings. The molecule has 0 spiro atoms. The number of carbonyl (C=O) groups is 1. The SMILES string of the molecule is CN1CCN(S(=O)(=O)c2ccc(C3C(=O)Nc4cc(Cl)ccc43)nc2)CC1. The van der Waals surface area contributed by atoms with Gasteiger partial charge in [-0.15, -0.1) is 0 Å². The summed E-state index contributed by atoms with van der Waals surface area (Å²) < 4.78 is 27.1. The summed E-state index contributed by atoms with van der Waals surface area (Å²) in [6, 6.07) is 8.34. The van der Waals surface area contributed by atoms with E-state index in [1.807, 2.05) is 7.05 Å².